The molecule has 0 aliphatic rings. The molecular weight excluding hydrogens is 224 g/mol. The van der Waals surface area contributed by atoms with Crippen molar-refractivity contribution in [3.8, 4) is 5.88 Å². The predicted molar refractivity (Wildman–Crippen MR) is 69.1 cm³/mol. The third-order valence-electron chi connectivity index (χ3n) is 2.24. The number of hydrogen-bond donors (Lipinski definition) is 2. The third-order valence-corrected chi connectivity index (χ3v) is 2.98. The molecular formula is C10H18N4OS. The topological polar surface area (TPSA) is 73.1 Å². The van der Waals surface area contributed by atoms with Gasteiger partial charge in [0.05, 0.1) is 7.11 Å². The highest BCUT2D eigenvalue weighted by atomic mass is 32.2. The number of nitrogen functional groups attached to an aromatic ring is 1. The summed E-state index contributed by atoms with van der Waals surface area (Å²) in [5, 5.41) is 3.30. The number of hydrogen-bond acceptors (Lipinski definition) is 6. The third kappa shape index (κ3) is 3.16. The molecule has 0 amide bonds. The Kier molecular flexibility index (Phi) is 5.18. The van der Waals surface area contributed by atoms with Gasteiger partial charge in [-0.05, 0) is 12.7 Å². The second kappa shape index (κ2) is 6.42. The lowest BCUT2D eigenvalue weighted by atomic mass is 10.2. The lowest BCUT2D eigenvalue weighted by molar-refractivity contribution is 0.399. The minimum Gasteiger partial charge on any atom is -0.479 e. The Morgan fingerprint density at radius 3 is 2.88 bits per heavy atom. The lowest BCUT2D eigenvalue weighted by Gasteiger charge is -2.17. The van der Waals surface area contributed by atoms with E-state index in [1.54, 1.807) is 18.9 Å². The van der Waals surface area contributed by atoms with Gasteiger partial charge in [0.15, 0.2) is 5.82 Å². The molecule has 0 radical (unpaired) electrons. The van der Waals surface area contributed by atoms with Crippen LogP contribution in [0, 0.1) is 0 Å². The van der Waals surface area contributed by atoms with Crippen molar-refractivity contribution in [1.82, 2.24) is 9.97 Å². The van der Waals surface area contributed by atoms with E-state index in [9.17, 15) is 0 Å². The number of aromatic nitrogens is 2. The van der Waals surface area contributed by atoms with Crippen LogP contribution in [0.3, 0.4) is 0 Å². The molecule has 0 aliphatic heterocycles. The summed E-state index contributed by atoms with van der Waals surface area (Å²) < 4.78 is 5.04. The molecule has 0 aromatic carbocycles. The first-order chi connectivity index (χ1) is 7.72. The van der Waals surface area contributed by atoms with Gasteiger partial charge >= 0.3 is 0 Å². The minimum absolute atomic E-state index is 0.358. The number of ether oxygens (including phenoxy) is 1. The first-order valence-corrected chi connectivity index (χ1v) is 6.52. The maximum absolute atomic E-state index is 5.87. The van der Waals surface area contributed by atoms with Crippen molar-refractivity contribution in [3.63, 3.8) is 0 Å². The minimum atomic E-state index is 0.358. The zero-order valence-electron chi connectivity index (χ0n) is 9.86. The summed E-state index contributed by atoms with van der Waals surface area (Å²) in [4.78, 5) is 8.05. The van der Waals surface area contributed by atoms with Crippen molar-refractivity contribution in [3.05, 3.63) is 6.33 Å². The van der Waals surface area contributed by atoms with Gasteiger partial charge in [-0.25, -0.2) is 4.98 Å². The van der Waals surface area contributed by atoms with Crippen molar-refractivity contribution in [2.24, 2.45) is 0 Å². The van der Waals surface area contributed by atoms with Crippen LogP contribution in [-0.4, -0.2) is 35.1 Å². The molecule has 16 heavy (non-hydrogen) atoms. The molecule has 3 N–H and O–H groups in total. The molecule has 0 fully saturated rings. The zero-order valence-corrected chi connectivity index (χ0v) is 10.7. The highest BCUT2D eigenvalue weighted by Gasteiger charge is 2.12. The lowest BCUT2D eigenvalue weighted by Crippen LogP contribution is -2.22. The van der Waals surface area contributed by atoms with Crippen molar-refractivity contribution >= 4 is 23.3 Å². The van der Waals surface area contributed by atoms with Crippen LogP contribution in [-0.2, 0) is 0 Å². The summed E-state index contributed by atoms with van der Waals surface area (Å²) in [5.41, 5.74) is 6.34. The average Bonchev–Trinajstić information content (AvgIpc) is 2.31. The second-order valence-electron chi connectivity index (χ2n) is 3.35. The molecule has 1 heterocycles. The Balaban J connectivity index is 2.79. The van der Waals surface area contributed by atoms with Crippen molar-refractivity contribution in [2.75, 3.05) is 30.2 Å². The summed E-state index contributed by atoms with van der Waals surface area (Å²) in [6, 6.07) is 0.358. The van der Waals surface area contributed by atoms with Gasteiger partial charge in [-0.3, -0.25) is 0 Å². The molecule has 1 unspecified atom stereocenters. The van der Waals surface area contributed by atoms with E-state index in [0.717, 1.165) is 12.2 Å². The van der Waals surface area contributed by atoms with E-state index < -0.39 is 0 Å². The van der Waals surface area contributed by atoms with Crippen LogP contribution < -0.4 is 15.8 Å². The Morgan fingerprint density at radius 2 is 2.31 bits per heavy atom. The van der Waals surface area contributed by atoms with Gasteiger partial charge in [-0.2, -0.15) is 16.7 Å². The molecule has 5 nitrogen and oxygen atoms in total. The molecule has 1 atom stereocenters. The number of anilines is 2. The van der Waals surface area contributed by atoms with Gasteiger partial charge in [-0.1, -0.05) is 6.92 Å². The van der Waals surface area contributed by atoms with Gasteiger partial charge in [0.1, 0.15) is 12.0 Å². The summed E-state index contributed by atoms with van der Waals surface area (Å²) in [6.45, 7) is 2.13. The Hall–Kier alpha value is -1.17. The normalized spacial score (nSPS) is 12.2. The fraction of sp³-hybridized carbons (Fsp3) is 0.600. The van der Waals surface area contributed by atoms with Gasteiger partial charge < -0.3 is 15.8 Å². The van der Waals surface area contributed by atoms with E-state index in [-0.39, 0.29) is 0 Å². The van der Waals surface area contributed by atoms with Gasteiger partial charge in [0, 0.05) is 11.8 Å². The number of thioether (sulfide) groups is 1. The number of rotatable bonds is 6. The summed E-state index contributed by atoms with van der Waals surface area (Å²) in [7, 11) is 1.54. The quantitative estimate of drug-likeness (QED) is 0.789. The van der Waals surface area contributed by atoms with Crippen LogP contribution in [0.2, 0.25) is 0 Å². The molecule has 0 saturated heterocycles. The maximum Gasteiger partial charge on any atom is 0.242 e. The fourth-order valence-corrected chi connectivity index (χ4v) is 2.03. The Bertz CT molecular complexity index is 335. The molecule has 90 valence electrons. The van der Waals surface area contributed by atoms with Gasteiger partial charge in [0.2, 0.25) is 5.88 Å². The highest BCUT2D eigenvalue weighted by Crippen LogP contribution is 2.25. The Morgan fingerprint density at radius 1 is 1.56 bits per heavy atom. The standard InChI is InChI=1S/C10H18N4OS/c1-4-7(5-16-3)14-9-8(11)10(15-2)13-6-12-9/h6-7H,4-5,11H2,1-3H3,(H,12,13,14). The van der Waals surface area contributed by atoms with E-state index in [2.05, 4.69) is 28.5 Å². The molecule has 0 spiro atoms. The van der Waals surface area contributed by atoms with Crippen LogP contribution in [0.25, 0.3) is 0 Å². The number of nitrogens with two attached hydrogens (primary N) is 1. The van der Waals surface area contributed by atoms with Crippen molar-refractivity contribution in [2.45, 2.75) is 19.4 Å². The van der Waals surface area contributed by atoms with Crippen molar-refractivity contribution < 1.29 is 4.74 Å². The largest absolute Gasteiger partial charge is 0.479 e. The van der Waals surface area contributed by atoms with Crippen LogP contribution >= 0.6 is 11.8 Å². The van der Waals surface area contributed by atoms with Gasteiger partial charge in [-0.15, -0.1) is 0 Å². The molecule has 0 bridgehead atoms. The molecule has 0 aliphatic carbocycles. The van der Waals surface area contributed by atoms with E-state index >= 15 is 0 Å². The van der Waals surface area contributed by atoms with E-state index in [1.165, 1.54) is 6.33 Å². The SMILES string of the molecule is CCC(CSC)Nc1ncnc(OC)c1N. The predicted octanol–water partition coefficient (Wildman–Crippen LogP) is 1.62. The maximum atomic E-state index is 5.87. The molecule has 6 heteroatoms. The fourth-order valence-electron chi connectivity index (χ4n) is 1.31. The van der Waals surface area contributed by atoms with Crippen LogP contribution in [0.5, 0.6) is 5.88 Å². The first-order valence-electron chi connectivity index (χ1n) is 5.12. The highest BCUT2D eigenvalue weighted by molar-refractivity contribution is 7.98. The number of methoxy groups -OCH3 is 1. The van der Waals surface area contributed by atoms with Crippen LogP contribution in [0.15, 0.2) is 6.33 Å². The summed E-state index contributed by atoms with van der Waals surface area (Å²) in [6.07, 6.45) is 4.55. The number of nitrogens with one attached hydrogen (secondary N) is 1. The zero-order chi connectivity index (χ0) is 12.0. The Labute approximate surface area is 100 Å². The summed E-state index contributed by atoms with van der Waals surface area (Å²) in [5.74, 6) is 2.08. The molecule has 0 saturated carbocycles. The summed E-state index contributed by atoms with van der Waals surface area (Å²) >= 11 is 1.79. The second-order valence-corrected chi connectivity index (χ2v) is 4.26. The smallest absolute Gasteiger partial charge is 0.242 e. The monoisotopic (exact) mass is 242 g/mol. The van der Waals surface area contributed by atoms with Crippen molar-refractivity contribution in [1.29, 1.82) is 0 Å². The average molecular weight is 242 g/mol. The van der Waals surface area contributed by atoms with E-state index in [0.29, 0.717) is 23.4 Å². The van der Waals surface area contributed by atoms with E-state index in [1.807, 2.05) is 0 Å². The first kappa shape index (κ1) is 12.9. The van der Waals surface area contributed by atoms with Crippen LogP contribution in [0.1, 0.15) is 13.3 Å². The molecule has 1 rings (SSSR count). The number of nitrogens with zero attached hydrogens (tertiary/aromatic N) is 2. The van der Waals surface area contributed by atoms with Gasteiger partial charge in [0.25, 0.3) is 0 Å². The van der Waals surface area contributed by atoms with Crippen LogP contribution in [0.4, 0.5) is 11.5 Å². The molecule has 1 aromatic rings. The van der Waals surface area contributed by atoms with E-state index in [4.69, 9.17) is 10.5 Å². The molecule has 1 aromatic heterocycles.